The summed E-state index contributed by atoms with van der Waals surface area (Å²) in [6.45, 7) is 2.08. The fourth-order valence-corrected chi connectivity index (χ4v) is 1.84. The van der Waals surface area contributed by atoms with E-state index in [0.717, 1.165) is 5.56 Å². The number of carbonyl (C=O) groups is 2. The lowest BCUT2D eigenvalue weighted by atomic mass is 10.2. The molecule has 0 aliphatic heterocycles. The van der Waals surface area contributed by atoms with Gasteiger partial charge in [-0.15, -0.1) is 0 Å². The number of furan rings is 1. The van der Waals surface area contributed by atoms with E-state index in [4.69, 9.17) is 4.42 Å². The number of nitrogens with one attached hydrogen (secondary N) is 3. The van der Waals surface area contributed by atoms with Gasteiger partial charge >= 0.3 is 6.03 Å². The molecule has 0 radical (unpaired) electrons. The maximum atomic E-state index is 12.8. The van der Waals surface area contributed by atoms with Crippen molar-refractivity contribution in [3.8, 4) is 0 Å². The first-order chi connectivity index (χ1) is 11.0. The van der Waals surface area contributed by atoms with Gasteiger partial charge in [-0.3, -0.25) is 4.79 Å². The van der Waals surface area contributed by atoms with Crippen molar-refractivity contribution in [2.24, 2.45) is 0 Å². The second-order valence-corrected chi connectivity index (χ2v) is 4.97. The first kappa shape index (κ1) is 16.5. The van der Waals surface area contributed by atoms with Gasteiger partial charge in [0, 0.05) is 6.54 Å². The third-order valence-electron chi connectivity index (χ3n) is 3.12. The molecule has 7 heteroatoms. The molecule has 3 amide bonds. The van der Waals surface area contributed by atoms with Crippen LogP contribution in [0.5, 0.6) is 0 Å². The van der Waals surface area contributed by atoms with Gasteiger partial charge in [-0.25, -0.2) is 9.18 Å². The van der Waals surface area contributed by atoms with Crippen LogP contribution in [-0.4, -0.2) is 18.0 Å². The van der Waals surface area contributed by atoms with Crippen molar-refractivity contribution in [2.45, 2.75) is 26.1 Å². The molecule has 1 aromatic carbocycles. The molecule has 0 fully saturated rings. The first-order valence-electron chi connectivity index (χ1n) is 7.13. The molecule has 1 atom stereocenters. The summed E-state index contributed by atoms with van der Waals surface area (Å²) in [7, 11) is 0. The van der Waals surface area contributed by atoms with Crippen LogP contribution in [0.3, 0.4) is 0 Å². The van der Waals surface area contributed by atoms with Crippen LogP contribution < -0.4 is 16.0 Å². The minimum Gasteiger partial charge on any atom is -0.467 e. The molecule has 23 heavy (non-hydrogen) atoms. The lowest BCUT2D eigenvalue weighted by molar-refractivity contribution is -0.122. The summed E-state index contributed by atoms with van der Waals surface area (Å²) in [5.41, 5.74) is 0.761. The van der Waals surface area contributed by atoms with Crippen LogP contribution in [-0.2, 0) is 17.9 Å². The Bertz CT molecular complexity index is 641. The van der Waals surface area contributed by atoms with Crippen molar-refractivity contribution < 1.29 is 18.4 Å². The molecular formula is C16H18FN3O3. The molecule has 2 rings (SSSR count). The minimum atomic E-state index is -0.696. The maximum Gasteiger partial charge on any atom is 0.315 e. The van der Waals surface area contributed by atoms with Crippen LogP contribution in [0.15, 0.2) is 47.1 Å². The zero-order valence-corrected chi connectivity index (χ0v) is 12.6. The highest BCUT2D eigenvalue weighted by atomic mass is 19.1. The summed E-state index contributed by atoms with van der Waals surface area (Å²) < 4.78 is 17.9. The second kappa shape index (κ2) is 7.98. The molecule has 0 aliphatic rings. The Labute approximate surface area is 133 Å². The number of rotatable bonds is 6. The van der Waals surface area contributed by atoms with E-state index in [9.17, 15) is 14.0 Å². The highest BCUT2D eigenvalue weighted by Crippen LogP contribution is 2.02. The SMILES string of the molecule is CC(NC(=O)NCc1ccc(F)cc1)C(=O)NCc1ccco1. The number of hydrogen-bond donors (Lipinski definition) is 3. The van der Waals surface area contributed by atoms with Gasteiger partial charge in [0.1, 0.15) is 17.6 Å². The van der Waals surface area contributed by atoms with Crippen molar-refractivity contribution in [3.05, 3.63) is 59.8 Å². The molecule has 1 heterocycles. The van der Waals surface area contributed by atoms with Crippen molar-refractivity contribution in [1.29, 1.82) is 0 Å². The molecular weight excluding hydrogens is 301 g/mol. The van der Waals surface area contributed by atoms with Gasteiger partial charge in [-0.2, -0.15) is 0 Å². The second-order valence-electron chi connectivity index (χ2n) is 4.97. The van der Waals surface area contributed by atoms with Gasteiger partial charge in [0.2, 0.25) is 5.91 Å². The molecule has 2 aromatic rings. The molecule has 1 aromatic heterocycles. The minimum absolute atomic E-state index is 0.243. The Morgan fingerprint density at radius 1 is 1.13 bits per heavy atom. The smallest absolute Gasteiger partial charge is 0.315 e. The molecule has 0 spiro atoms. The molecule has 0 saturated heterocycles. The standard InChI is InChI=1S/C16H18FN3O3/c1-11(15(21)18-10-14-3-2-8-23-14)20-16(22)19-9-12-4-6-13(17)7-5-12/h2-8,11H,9-10H2,1H3,(H,18,21)(H2,19,20,22). The average molecular weight is 319 g/mol. The topological polar surface area (TPSA) is 83.4 Å². The lowest BCUT2D eigenvalue weighted by Crippen LogP contribution is -2.48. The quantitative estimate of drug-likeness (QED) is 0.760. The lowest BCUT2D eigenvalue weighted by Gasteiger charge is -2.14. The summed E-state index contributed by atoms with van der Waals surface area (Å²) in [5, 5.41) is 7.78. The normalized spacial score (nSPS) is 11.6. The van der Waals surface area contributed by atoms with Crippen LogP contribution in [0.1, 0.15) is 18.2 Å². The predicted molar refractivity (Wildman–Crippen MR) is 81.8 cm³/mol. The van der Waals surface area contributed by atoms with E-state index in [-0.39, 0.29) is 24.8 Å². The zero-order chi connectivity index (χ0) is 16.7. The third kappa shape index (κ3) is 5.46. The number of halogens is 1. The summed E-state index contributed by atoms with van der Waals surface area (Å²) in [6, 6.07) is 8.09. The van der Waals surface area contributed by atoms with Gasteiger partial charge < -0.3 is 20.4 Å². The van der Waals surface area contributed by atoms with Crippen LogP contribution in [0.2, 0.25) is 0 Å². The van der Waals surface area contributed by atoms with E-state index < -0.39 is 12.1 Å². The van der Waals surface area contributed by atoms with Crippen molar-refractivity contribution in [2.75, 3.05) is 0 Å². The summed E-state index contributed by atoms with van der Waals surface area (Å²) >= 11 is 0. The average Bonchev–Trinajstić information content (AvgIpc) is 3.05. The van der Waals surface area contributed by atoms with Crippen molar-refractivity contribution in [1.82, 2.24) is 16.0 Å². The molecule has 6 nitrogen and oxygen atoms in total. The van der Waals surface area contributed by atoms with E-state index in [0.29, 0.717) is 5.76 Å². The third-order valence-corrected chi connectivity index (χ3v) is 3.12. The number of amides is 3. The van der Waals surface area contributed by atoms with E-state index >= 15 is 0 Å². The van der Waals surface area contributed by atoms with E-state index in [2.05, 4.69) is 16.0 Å². The number of hydrogen-bond acceptors (Lipinski definition) is 3. The molecule has 122 valence electrons. The van der Waals surface area contributed by atoms with Crippen LogP contribution >= 0.6 is 0 Å². The van der Waals surface area contributed by atoms with Gasteiger partial charge in [-0.05, 0) is 36.8 Å². The van der Waals surface area contributed by atoms with Crippen molar-refractivity contribution in [3.63, 3.8) is 0 Å². The first-order valence-corrected chi connectivity index (χ1v) is 7.13. The molecule has 0 bridgehead atoms. The summed E-state index contributed by atoms with van der Waals surface area (Å²) in [4.78, 5) is 23.6. The van der Waals surface area contributed by atoms with E-state index in [1.807, 2.05) is 0 Å². The predicted octanol–water partition coefficient (Wildman–Crippen LogP) is 1.92. The van der Waals surface area contributed by atoms with Gasteiger partial charge in [0.05, 0.1) is 12.8 Å². The highest BCUT2D eigenvalue weighted by Gasteiger charge is 2.15. The maximum absolute atomic E-state index is 12.8. The summed E-state index contributed by atoms with van der Waals surface area (Å²) in [6.07, 6.45) is 1.52. The highest BCUT2D eigenvalue weighted by molar-refractivity contribution is 5.86. The van der Waals surface area contributed by atoms with Gasteiger partial charge in [0.15, 0.2) is 0 Å². The molecule has 0 saturated carbocycles. The molecule has 0 aliphatic carbocycles. The van der Waals surface area contributed by atoms with Gasteiger partial charge in [0.25, 0.3) is 0 Å². The Hall–Kier alpha value is -2.83. The van der Waals surface area contributed by atoms with Crippen LogP contribution in [0.25, 0.3) is 0 Å². The summed E-state index contributed by atoms with van der Waals surface area (Å²) in [5.74, 6) is -0.0234. The number of urea groups is 1. The molecule has 3 N–H and O–H groups in total. The molecule has 1 unspecified atom stereocenters. The fourth-order valence-electron chi connectivity index (χ4n) is 1.84. The van der Waals surface area contributed by atoms with Crippen LogP contribution in [0, 0.1) is 5.82 Å². The number of carbonyl (C=O) groups excluding carboxylic acids is 2. The van der Waals surface area contributed by atoms with E-state index in [1.165, 1.54) is 18.4 Å². The monoisotopic (exact) mass is 319 g/mol. The Kier molecular flexibility index (Phi) is 5.74. The zero-order valence-electron chi connectivity index (χ0n) is 12.6. The van der Waals surface area contributed by atoms with E-state index in [1.54, 1.807) is 31.2 Å². The fraction of sp³-hybridized carbons (Fsp3) is 0.250. The van der Waals surface area contributed by atoms with Crippen molar-refractivity contribution >= 4 is 11.9 Å². The largest absolute Gasteiger partial charge is 0.467 e. The number of benzene rings is 1. The Balaban J connectivity index is 1.71. The van der Waals surface area contributed by atoms with Crippen LogP contribution in [0.4, 0.5) is 9.18 Å². The van der Waals surface area contributed by atoms with Gasteiger partial charge in [-0.1, -0.05) is 12.1 Å². The Morgan fingerprint density at radius 2 is 1.87 bits per heavy atom. The Morgan fingerprint density at radius 3 is 2.52 bits per heavy atom.